The second-order valence-corrected chi connectivity index (χ2v) is 8.80. The number of ether oxygens (including phenoxy) is 1. The normalized spacial score (nSPS) is 17.3. The molecule has 0 aliphatic carbocycles. The van der Waals surface area contributed by atoms with E-state index in [2.05, 4.69) is 26.1 Å². The summed E-state index contributed by atoms with van der Waals surface area (Å²) in [7, 11) is 0. The van der Waals surface area contributed by atoms with Gasteiger partial charge in [-0.1, -0.05) is 23.7 Å². The third-order valence-electron chi connectivity index (χ3n) is 5.71. The van der Waals surface area contributed by atoms with Gasteiger partial charge in [0.1, 0.15) is 5.54 Å². The topological polar surface area (TPSA) is 125 Å². The molecule has 0 spiro atoms. The molecule has 1 aliphatic rings. The Morgan fingerprint density at radius 3 is 2.54 bits per heavy atom. The third kappa shape index (κ3) is 6.27. The van der Waals surface area contributed by atoms with E-state index in [1.165, 1.54) is 18.3 Å². The molecule has 2 heterocycles. The SMILES string of the molecule is O=C(NC1(C(=O)NCc2ccc(Nc3ccc(Cl)cc3C(F)(F)F)cc2)CCOC1)c1cn[nH]c(=O)c1. The molecule has 2 aromatic carbocycles. The Morgan fingerprint density at radius 1 is 1.14 bits per heavy atom. The zero-order valence-electron chi connectivity index (χ0n) is 19.1. The molecule has 1 saturated heterocycles. The fourth-order valence-electron chi connectivity index (χ4n) is 3.76. The van der Waals surface area contributed by atoms with Gasteiger partial charge in [0.15, 0.2) is 0 Å². The van der Waals surface area contributed by atoms with E-state index in [1.54, 1.807) is 24.3 Å². The molecule has 4 rings (SSSR count). The van der Waals surface area contributed by atoms with Crippen LogP contribution in [0.2, 0.25) is 5.02 Å². The van der Waals surface area contributed by atoms with Gasteiger partial charge in [-0.25, -0.2) is 5.10 Å². The van der Waals surface area contributed by atoms with E-state index in [1.807, 2.05) is 0 Å². The molecule has 1 unspecified atom stereocenters. The second-order valence-electron chi connectivity index (χ2n) is 8.37. The summed E-state index contributed by atoms with van der Waals surface area (Å²) in [6.45, 7) is 0.303. The molecule has 9 nitrogen and oxygen atoms in total. The number of hydrogen-bond acceptors (Lipinski definition) is 6. The van der Waals surface area contributed by atoms with Crippen LogP contribution in [0.1, 0.15) is 27.9 Å². The maximum Gasteiger partial charge on any atom is 0.418 e. The Hall–Kier alpha value is -3.90. The van der Waals surface area contributed by atoms with Crippen molar-refractivity contribution in [1.29, 1.82) is 0 Å². The maximum absolute atomic E-state index is 13.3. The second kappa shape index (κ2) is 10.6. The molecule has 13 heteroatoms. The predicted octanol–water partition coefficient (Wildman–Crippen LogP) is 3.39. The van der Waals surface area contributed by atoms with E-state index in [0.717, 1.165) is 12.1 Å². The number of carbonyl (C=O) groups is 2. The number of rotatable bonds is 7. The van der Waals surface area contributed by atoms with Crippen molar-refractivity contribution >= 4 is 34.8 Å². The van der Waals surface area contributed by atoms with Crippen molar-refractivity contribution in [2.75, 3.05) is 18.5 Å². The summed E-state index contributed by atoms with van der Waals surface area (Å²) in [6, 6.07) is 11.0. The van der Waals surface area contributed by atoms with Crippen LogP contribution < -0.4 is 21.5 Å². The molecule has 3 aromatic rings. The minimum atomic E-state index is -4.58. The zero-order valence-corrected chi connectivity index (χ0v) is 19.9. The fraction of sp³-hybridized carbons (Fsp3) is 0.250. The molecule has 4 N–H and O–H groups in total. The lowest BCUT2D eigenvalue weighted by Crippen LogP contribution is -2.59. The van der Waals surface area contributed by atoms with Crippen molar-refractivity contribution in [2.24, 2.45) is 0 Å². The van der Waals surface area contributed by atoms with Crippen LogP contribution in [0.4, 0.5) is 24.5 Å². The van der Waals surface area contributed by atoms with Gasteiger partial charge in [0.25, 0.3) is 11.5 Å². The van der Waals surface area contributed by atoms with Gasteiger partial charge >= 0.3 is 6.18 Å². The maximum atomic E-state index is 13.3. The van der Waals surface area contributed by atoms with E-state index in [9.17, 15) is 27.6 Å². The van der Waals surface area contributed by atoms with Crippen LogP contribution in [-0.2, 0) is 22.3 Å². The minimum absolute atomic E-state index is 0.000261. The molecule has 0 bridgehead atoms. The van der Waals surface area contributed by atoms with Crippen LogP contribution in [0.25, 0.3) is 0 Å². The first-order valence-corrected chi connectivity index (χ1v) is 11.4. The molecule has 37 heavy (non-hydrogen) atoms. The average Bonchev–Trinajstić information content (AvgIpc) is 3.33. The van der Waals surface area contributed by atoms with Gasteiger partial charge in [0.2, 0.25) is 5.91 Å². The number of nitrogens with zero attached hydrogens (tertiary/aromatic N) is 1. The molecule has 2 amide bonds. The van der Waals surface area contributed by atoms with Gasteiger partial charge in [0.05, 0.1) is 29.6 Å². The molecule has 1 aromatic heterocycles. The van der Waals surface area contributed by atoms with E-state index >= 15 is 0 Å². The number of alkyl halides is 3. The Morgan fingerprint density at radius 2 is 1.89 bits per heavy atom. The van der Waals surface area contributed by atoms with Crippen molar-refractivity contribution in [3.8, 4) is 0 Å². The molecule has 1 aliphatic heterocycles. The molecule has 0 radical (unpaired) electrons. The fourth-order valence-corrected chi connectivity index (χ4v) is 3.93. The molecule has 0 saturated carbocycles. The first kappa shape index (κ1) is 26.2. The largest absolute Gasteiger partial charge is 0.418 e. The Labute approximate surface area is 213 Å². The quantitative estimate of drug-likeness (QED) is 0.367. The van der Waals surface area contributed by atoms with E-state index in [0.29, 0.717) is 11.3 Å². The minimum Gasteiger partial charge on any atom is -0.378 e. The van der Waals surface area contributed by atoms with Crippen LogP contribution in [0.3, 0.4) is 0 Å². The Kier molecular flexibility index (Phi) is 7.50. The lowest BCUT2D eigenvalue weighted by molar-refractivity contribution is -0.137. The summed E-state index contributed by atoms with van der Waals surface area (Å²) in [6.07, 6.45) is -3.18. The summed E-state index contributed by atoms with van der Waals surface area (Å²) in [4.78, 5) is 37.1. The van der Waals surface area contributed by atoms with Crippen LogP contribution in [0, 0.1) is 0 Å². The first-order valence-electron chi connectivity index (χ1n) is 11.0. The first-order chi connectivity index (χ1) is 17.6. The molecule has 1 fully saturated rings. The number of aromatic nitrogens is 2. The summed E-state index contributed by atoms with van der Waals surface area (Å²) >= 11 is 5.72. The predicted molar refractivity (Wildman–Crippen MR) is 129 cm³/mol. The van der Waals surface area contributed by atoms with Gasteiger partial charge in [0, 0.05) is 36.3 Å². The number of aromatic amines is 1. The lowest BCUT2D eigenvalue weighted by Gasteiger charge is -2.27. The number of nitrogens with one attached hydrogen (secondary N) is 4. The number of H-pyrrole nitrogens is 1. The summed E-state index contributed by atoms with van der Waals surface area (Å²) in [5.74, 6) is -1.12. The summed E-state index contributed by atoms with van der Waals surface area (Å²) in [5.41, 5.74) is -1.85. The summed E-state index contributed by atoms with van der Waals surface area (Å²) < 4.78 is 45.3. The van der Waals surface area contributed by atoms with Crippen molar-refractivity contribution in [3.63, 3.8) is 0 Å². The van der Waals surface area contributed by atoms with Crippen molar-refractivity contribution in [3.05, 3.63) is 86.8 Å². The van der Waals surface area contributed by atoms with Gasteiger partial charge in [-0.2, -0.15) is 18.3 Å². The lowest BCUT2D eigenvalue weighted by atomic mass is 9.96. The van der Waals surface area contributed by atoms with Gasteiger partial charge < -0.3 is 20.7 Å². The highest BCUT2D eigenvalue weighted by Gasteiger charge is 2.43. The van der Waals surface area contributed by atoms with Gasteiger partial charge in [-0.05, 0) is 35.9 Å². The van der Waals surface area contributed by atoms with E-state index in [4.69, 9.17) is 16.3 Å². The highest BCUT2D eigenvalue weighted by atomic mass is 35.5. The molecule has 194 valence electrons. The van der Waals surface area contributed by atoms with Gasteiger partial charge in [-0.3, -0.25) is 14.4 Å². The van der Waals surface area contributed by atoms with Crippen LogP contribution in [0.5, 0.6) is 0 Å². The van der Waals surface area contributed by atoms with Crippen LogP contribution in [0.15, 0.2) is 59.5 Å². The number of carbonyl (C=O) groups excluding carboxylic acids is 2. The van der Waals surface area contributed by atoms with Crippen LogP contribution in [-0.4, -0.2) is 40.8 Å². The Balaban J connectivity index is 1.40. The highest BCUT2D eigenvalue weighted by molar-refractivity contribution is 6.30. The highest BCUT2D eigenvalue weighted by Crippen LogP contribution is 2.37. The van der Waals surface area contributed by atoms with E-state index < -0.39 is 34.7 Å². The third-order valence-corrected chi connectivity index (χ3v) is 5.94. The molecular weight excluding hydrogens is 515 g/mol. The van der Waals surface area contributed by atoms with Crippen molar-refractivity contribution in [2.45, 2.75) is 24.7 Å². The zero-order chi connectivity index (χ0) is 26.6. The summed E-state index contributed by atoms with van der Waals surface area (Å²) in [5, 5.41) is 13.9. The number of amides is 2. The number of halogens is 4. The van der Waals surface area contributed by atoms with Crippen LogP contribution >= 0.6 is 11.6 Å². The number of hydrogen-bond donors (Lipinski definition) is 4. The standard InChI is InChI=1S/C24H21ClF3N5O4/c25-16-3-6-19(18(10-16)24(26,27)28)31-17-4-1-14(2-5-17)11-29-22(36)23(7-8-37-13-23)32-21(35)15-9-20(34)33-30-12-15/h1-6,9-10,12,31H,7-8,11,13H2,(H,29,36)(H,32,35)(H,33,34). The number of benzene rings is 2. The van der Waals surface area contributed by atoms with Crippen molar-refractivity contribution in [1.82, 2.24) is 20.8 Å². The average molecular weight is 536 g/mol. The van der Waals surface area contributed by atoms with E-state index in [-0.39, 0.29) is 42.5 Å². The Bertz CT molecular complexity index is 1360. The van der Waals surface area contributed by atoms with Crippen molar-refractivity contribution < 1.29 is 27.5 Å². The number of anilines is 2. The smallest absolute Gasteiger partial charge is 0.378 e. The molecular formula is C24H21ClF3N5O4. The monoisotopic (exact) mass is 535 g/mol. The molecule has 1 atom stereocenters. The van der Waals surface area contributed by atoms with Gasteiger partial charge in [-0.15, -0.1) is 0 Å².